The lowest BCUT2D eigenvalue weighted by Crippen LogP contribution is -2.46. The van der Waals surface area contributed by atoms with E-state index in [4.69, 9.17) is 14.7 Å². The van der Waals surface area contributed by atoms with E-state index in [1.54, 1.807) is 6.92 Å². The van der Waals surface area contributed by atoms with Gasteiger partial charge in [0.1, 0.15) is 12.8 Å². The number of hydroxylamine groups is 2. The number of ether oxygens (including phenoxy) is 1. The van der Waals surface area contributed by atoms with Crippen molar-refractivity contribution < 1.29 is 23.9 Å². The summed E-state index contributed by atoms with van der Waals surface area (Å²) in [5.74, 6) is 0. The van der Waals surface area contributed by atoms with E-state index in [9.17, 15) is 9.18 Å². The third-order valence-corrected chi connectivity index (χ3v) is 2.89. The van der Waals surface area contributed by atoms with E-state index in [0.29, 0.717) is 6.42 Å². The molecule has 1 rings (SSSR count). The zero-order chi connectivity index (χ0) is 15.0. The van der Waals surface area contributed by atoms with Gasteiger partial charge in [-0.25, -0.2) is 9.18 Å². The average Bonchev–Trinajstić information content (AvgIpc) is 2.50. The molecule has 1 aromatic carbocycles. The molecule has 0 unspecified atom stereocenters. The highest BCUT2D eigenvalue weighted by Gasteiger charge is 2.31. The second-order valence-corrected chi connectivity index (χ2v) is 4.22. The molecule has 0 fully saturated rings. The summed E-state index contributed by atoms with van der Waals surface area (Å²) in [5, 5.41) is 9.68. The van der Waals surface area contributed by atoms with Crippen LogP contribution in [0.1, 0.15) is 18.9 Å². The number of carbonyl (C=O) groups excluding carboxylic acids is 1. The van der Waals surface area contributed by atoms with Crippen LogP contribution in [0.5, 0.6) is 0 Å². The molecule has 2 atom stereocenters. The Balaban J connectivity index is 2.62. The van der Waals surface area contributed by atoms with Crippen LogP contribution in [0, 0.1) is 0 Å². The van der Waals surface area contributed by atoms with E-state index < -0.39 is 24.9 Å². The van der Waals surface area contributed by atoms with Crippen molar-refractivity contribution in [2.24, 2.45) is 0 Å². The van der Waals surface area contributed by atoms with E-state index in [0.717, 1.165) is 10.6 Å². The van der Waals surface area contributed by atoms with Crippen molar-refractivity contribution >= 4 is 6.09 Å². The van der Waals surface area contributed by atoms with Gasteiger partial charge in [0.25, 0.3) is 0 Å². The maximum absolute atomic E-state index is 13.6. The van der Waals surface area contributed by atoms with Crippen molar-refractivity contribution in [2.75, 3.05) is 13.7 Å². The van der Waals surface area contributed by atoms with Crippen molar-refractivity contribution in [1.29, 1.82) is 0 Å². The van der Waals surface area contributed by atoms with Crippen LogP contribution in [0.4, 0.5) is 9.18 Å². The molecule has 112 valence electrons. The lowest BCUT2D eigenvalue weighted by atomic mass is 10.1. The van der Waals surface area contributed by atoms with Crippen LogP contribution < -0.4 is 0 Å². The quantitative estimate of drug-likeness (QED) is 0.781. The zero-order valence-electron chi connectivity index (χ0n) is 11.7. The molecule has 0 aromatic heterocycles. The van der Waals surface area contributed by atoms with E-state index in [2.05, 4.69) is 0 Å². The van der Waals surface area contributed by atoms with Crippen LogP contribution in [0.15, 0.2) is 30.3 Å². The fraction of sp³-hybridized carbons (Fsp3) is 0.500. The van der Waals surface area contributed by atoms with Crippen LogP contribution >= 0.6 is 0 Å². The summed E-state index contributed by atoms with van der Waals surface area (Å²) >= 11 is 0. The number of aliphatic hydroxyl groups excluding tert-OH is 1. The van der Waals surface area contributed by atoms with Crippen LogP contribution in [0.2, 0.25) is 0 Å². The molecule has 0 spiro atoms. The molecule has 0 saturated carbocycles. The number of hydrogen-bond acceptors (Lipinski definition) is 4. The molecule has 0 aliphatic heterocycles. The number of benzene rings is 1. The minimum absolute atomic E-state index is 0.0754. The molecule has 0 radical (unpaired) electrons. The molecular weight excluding hydrogens is 265 g/mol. The summed E-state index contributed by atoms with van der Waals surface area (Å²) in [7, 11) is 1.26. The maximum atomic E-state index is 13.6. The summed E-state index contributed by atoms with van der Waals surface area (Å²) < 4.78 is 18.7. The van der Waals surface area contributed by atoms with E-state index >= 15 is 0 Å². The van der Waals surface area contributed by atoms with Gasteiger partial charge in [-0.05, 0) is 12.0 Å². The number of carbonyl (C=O) groups is 1. The van der Waals surface area contributed by atoms with Crippen molar-refractivity contribution in [3.8, 4) is 0 Å². The Morgan fingerprint density at radius 3 is 2.55 bits per heavy atom. The summed E-state index contributed by atoms with van der Waals surface area (Å²) in [6.07, 6.45) is -2.06. The minimum atomic E-state index is -1.58. The van der Waals surface area contributed by atoms with Gasteiger partial charge in [-0.1, -0.05) is 37.3 Å². The first-order valence-corrected chi connectivity index (χ1v) is 6.43. The first kappa shape index (κ1) is 16.4. The van der Waals surface area contributed by atoms with Gasteiger partial charge >= 0.3 is 6.09 Å². The third kappa shape index (κ3) is 4.47. The van der Waals surface area contributed by atoms with Crippen molar-refractivity contribution in [1.82, 2.24) is 5.06 Å². The Bertz CT molecular complexity index is 401. The lowest BCUT2D eigenvalue weighted by Gasteiger charge is -2.29. The smallest absolute Gasteiger partial charge is 0.434 e. The zero-order valence-corrected chi connectivity index (χ0v) is 11.7. The summed E-state index contributed by atoms with van der Waals surface area (Å²) in [4.78, 5) is 16.8. The monoisotopic (exact) mass is 285 g/mol. The van der Waals surface area contributed by atoms with Crippen LogP contribution in [-0.4, -0.2) is 42.2 Å². The van der Waals surface area contributed by atoms with Crippen LogP contribution in [-0.2, 0) is 16.2 Å². The van der Waals surface area contributed by atoms with Gasteiger partial charge in [0, 0.05) is 0 Å². The molecule has 1 amide bonds. The van der Waals surface area contributed by atoms with Gasteiger partial charge < -0.3 is 9.84 Å². The molecule has 0 aliphatic carbocycles. The predicted octanol–water partition coefficient (Wildman–Crippen LogP) is 2.30. The van der Waals surface area contributed by atoms with E-state index in [1.165, 1.54) is 7.11 Å². The standard InChI is InChI=1S/C14H20FNO4/c1-3-13(12(15)9-17)16(19-2)14(18)20-10-11-7-5-4-6-8-11/h4-8,12-13,17H,3,9-10H2,1-2H3/t12-,13-/m1/s1. The second-order valence-electron chi connectivity index (χ2n) is 4.22. The van der Waals surface area contributed by atoms with Crippen LogP contribution in [0.3, 0.4) is 0 Å². The molecular formula is C14H20FNO4. The molecule has 0 heterocycles. The normalized spacial score (nSPS) is 13.6. The summed E-state index contributed by atoms with van der Waals surface area (Å²) in [5.41, 5.74) is 0.823. The molecule has 20 heavy (non-hydrogen) atoms. The third-order valence-electron chi connectivity index (χ3n) is 2.89. The van der Waals surface area contributed by atoms with Crippen LogP contribution in [0.25, 0.3) is 0 Å². The highest BCUT2D eigenvalue weighted by Crippen LogP contribution is 2.14. The van der Waals surface area contributed by atoms with E-state index in [-0.39, 0.29) is 6.61 Å². The van der Waals surface area contributed by atoms with Gasteiger partial charge in [0.05, 0.1) is 19.8 Å². The van der Waals surface area contributed by atoms with Crippen molar-refractivity contribution in [3.05, 3.63) is 35.9 Å². The lowest BCUT2D eigenvalue weighted by molar-refractivity contribution is -0.156. The van der Waals surface area contributed by atoms with E-state index in [1.807, 2.05) is 30.3 Å². The molecule has 6 heteroatoms. The number of nitrogens with zero attached hydrogens (tertiary/aromatic N) is 1. The fourth-order valence-corrected chi connectivity index (χ4v) is 1.82. The van der Waals surface area contributed by atoms with Gasteiger partial charge in [-0.2, -0.15) is 5.06 Å². The Labute approximate surface area is 117 Å². The Morgan fingerprint density at radius 2 is 2.05 bits per heavy atom. The maximum Gasteiger partial charge on any atom is 0.434 e. The molecule has 1 N–H and O–H groups in total. The van der Waals surface area contributed by atoms with Gasteiger partial charge in [-0.3, -0.25) is 4.84 Å². The summed E-state index contributed by atoms with van der Waals surface area (Å²) in [6.45, 7) is 1.10. The highest BCUT2D eigenvalue weighted by molar-refractivity contribution is 5.66. The number of halogens is 1. The second kappa shape index (κ2) is 8.50. The number of amides is 1. The van der Waals surface area contributed by atoms with Gasteiger partial charge in [0.15, 0.2) is 0 Å². The molecule has 5 nitrogen and oxygen atoms in total. The predicted molar refractivity (Wildman–Crippen MR) is 71.5 cm³/mol. The number of aliphatic hydroxyl groups is 1. The number of hydrogen-bond donors (Lipinski definition) is 1. The van der Waals surface area contributed by atoms with Gasteiger partial charge in [-0.15, -0.1) is 0 Å². The first-order chi connectivity index (χ1) is 9.63. The largest absolute Gasteiger partial charge is 0.443 e. The van der Waals surface area contributed by atoms with Gasteiger partial charge in [0.2, 0.25) is 0 Å². The van der Waals surface area contributed by atoms with Crippen molar-refractivity contribution in [2.45, 2.75) is 32.2 Å². The minimum Gasteiger partial charge on any atom is -0.443 e. The Kier molecular flexibility index (Phi) is 6.97. The summed E-state index contributed by atoms with van der Waals surface area (Å²) in [6, 6.07) is 8.26. The molecule has 0 bridgehead atoms. The molecule has 0 saturated heterocycles. The first-order valence-electron chi connectivity index (χ1n) is 6.43. The highest BCUT2D eigenvalue weighted by atomic mass is 19.1. The average molecular weight is 285 g/mol. The Hall–Kier alpha value is -1.66. The van der Waals surface area contributed by atoms with Crippen molar-refractivity contribution in [3.63, 3.8) is 0 Å². The number of rotatable bonds is 7. The Morgan fingerprint density at radius 1 is 1.40 bits per heavy atom. The number of alkyl halides is 1. The molecule has 1 aromatic rings. The fourth-order valence-electron chi connectivity index (χ4n) is 1.82. The SMILES string of the molecule is CC[C@H]([C@H](F)CO)N(OC)C(=O)OCc1ccccc1. The topological polar surface area (TPSA) is 59.0 Å². The molecule has 0 aliphatic rings.